The highest BCUT2D eigenvalue weighted by Gasteiger charge is 2.24. The molecule has 1 aliphatic heterocycles. The van der Waals surface area contributed by atoms with E-state index in [2.05, 4.69) is 39.9 Å². The number of rotatable bonds is 5. The first-order valence-corrected chi connectivity index (χ1v) is 11.2. The Morgan fingerprint density at radius 2 is 1.81 bits per heavy atom. The van der Waals surface area contributed by atoms with E-state index < -0.39 is 0 Å². The van der Waals surface area contributed by atoms with Gasteiger partial charge in [-0.3, -0.25) is 4.79 Å². The fourth-order valence-corrected chi connectivity index (χ4v) is 5.19. The second-order valence-corrected chi connectivity index (χ2v) is 8.75. The molecule has 1 N–H and O–H groups in total. The number of hydrogen-bond acceptors (Lipinski definition) is 4. The summed E-state index contributed by atoms with van der Waals surface area (Å²) < 4.78 is 0. The molecule has 1 saturated carbocycles. The second kappa shape index (κ2) is 8.87. The van der Waals surface area contributed by atoms with E-state index in [0.29, 0.717) is 12.0 Å². The van der Waals surface area contributed by atoms with E-state index in [-0.39, 0.29) is 5.91 Å². The van der Waals surface area contributed by atoms with Gasteiger partial charge in [0.1, 0.15) is 0 Å². The van der Waals surface area contributed by atoms with Gasteiger partial charge < -0.3 is 10.2 Å². The number of hydrogen-bond donors (Lipinski definition) is 1. The summed E-state index contributed by atoms with van der Waals surface area (Å²) in [5.74, 6) is 0.881. The Hall–Kier alpha value is -1.88. The largest absolute Gasteiger partial charge is 0.353 e. The standard InChI is InChI=1S/C22H29N3OS/c26-21(15-17-7-3-1-4-8-17)23-19-11-13-25(14-12-19)22-24-20(16-27-22)18-9-5-2-6-10-18/h2,5-6,9-10,16-17,19H,1,3-4,7-8,11-15H2,(H,23,26). The van der Waals surface area contributed by atoms with Crippen molar-refractivity contribution < 1.29 is 4.79 Å². The third-order valence-electron chi connectivity index (χ3n) is 5.89. The lowest BCUT2D eigenvalue weighted by molar-refractivity contribution is -0.123. The van der Waals surface area contributed by atoms with Crippen molar-refractivity contribution in [2.75, 3.05) is 18.0 Å². The van der Waals surface area contributed by atoms with Crippen LogP contribution in [-0.4, -0.2) is 30.0 Å². The van der Waals surface area contributed by atoms with Crippen molar-refractivity contribution in [3.05, 3.63) is 35.7 Å². The molecule has 2 aliphatic rings. The number of carbonyl (C=O) groups is 1. The molecule has 2 fully saturated rings. The van der Waals surface area contributed by atoms with E-state index >= 15 is 0 Å². The summed E-state index contributed by atoms with van der Waals surface area (Å²) in [6, 6.07) is 10.7. The average Bonchev–Trinajstić information content (AvgIpc) is 3.20. The van der Waals surface area contributed by atoms with Crippen LogP contribution in [0.2, 0.25) is 0 Å². The Morgan fingerprint density at radius 1 is 1.07 bits per heavy atom. The number of thiazole rings is 1. The van der Waals surface area contributed by atoms with Crippen molar-refractivity contribution in [3.63, 3.8) is 0 Å². The van der Waals surface area contributed by atoms with Crippen molar-refractivity contribution in [2.45, 2.75) is 57.4 Å². The molecule has 5 heteroatoms. The highest BCUT2D eigenvalue weighted by molar-refractivity contribution is 7.14. The molecule has 0 spiro atoms. The van der Waals surface area contributed by atoms with Crippen LogP contribution in [0.25, 0.3) is 11.3 Å². The zero-order chi connectivity index (χ0) is 18.5. The van der Waals surface area contributed by atoms with Gasteiger partial charge in [-0.2, -0.15) is 0 Å². The zero-order valence-corrected chi connectivity index (χ0v) is 16.7. The molecule has 0 unspecified atom stereocenters. The maximum atomic E-state index is 12.4. The Morgan fingerprint density at radius 3 is 2.56 bits per heavy atom. The van der Waals surface area contributed by atoms with Crippen LogP contribution in [-0.2, 0) is 4.79 Å². The highest BCUT2D eigenvalue weighted by Crippen LogP contribution is 2.29. The van der Waals surface area contributed by atoms with Crippen LogP contribution in [0, 0.1) is 5.92 Å². The smallest absolute Gasteiger partial charge is 0.220 e. The van der Waals surface area contributed by atoms with E-state index in [9.17, 15) is 4.79 Å². The Balaban J connectivity index is 1.25. The number of anilines is 1. The monoisotopic (exact) mass is 383 g/mol. The van der Waals surface area contributed by atoms with Crippen LogP contribution in [0.5, 0.6) is 0 Å². The minimum absolute atomic E-state index is 0.265. The zero-order valence-electron chi connectivity index (χ0n) is 15.9. The number of amides is 1. The first-order valence-electron chi connectivity index (χ1n) is 10.3. The van der Waals surface area contributed by atoms with Gasteiger partial charge in [-0.15, -0.1) is 11.3 Å². The first kappa shape index (κ1) is 18.5. The maximum absolute atomic E-state index is 12.4. The van der Waals surface area contributed by atoms with Gasteiger partial charge >= 0.3 is 0 Å². The Bertz CT molecular complexity index is 731. The van der Waals surface area contributed by atoms with Gasteiger partial charge in [0.15, 0.2) is 5.13 Å². The number of nitrogens with zero attached hydrogens (tertiary/aromatic N) is 2. The van der Waals surface area contributed by atoms with E-state index in [1.54, 1.807) is 11.3 Å². The minimum atomic E-state index is 0.265. The predicted octanol–water partition coefficient (Wildman–Crippen LogP) is 4.87. The summed E-state index contributed by atoms with van der Waals surface area (Å²) in [7, 11) is 0. The van der Waals surface area contributed by atoms with E-state index in [1.165, 1.54) is 37.7 Å². The molecule has 2 aromatic rings. The second-order valence-electron chi connectivity index (χ2n) is 7.92. The fourth-order valence-electron chi connectivity index (χ4n) is 4.31. The average molecular weight is 384 g/mol. The predicted molar refractivity (Wildman–Crippen MR) is 112 cm³/mol. The number of piperidine rings is 1. The summed E-state index contributed by atoms with van der Waals surface area (Å²) in [5, 5.41) is 6.53. The molecule has 0 bridgehead atoms. The van der Waals surface area contributed by atoms with Crippen LogP contribution in [0.1, 0.15) is 51.4 Å². The van der Waals surface area contributed by atoms with Gasteiger partial charge in [0.25, 0.3) is 0 Å². The fraction of sp³-hybridized carbons (Fsp3) is 0.545. The van der Waals surface area contributed by atoms with Crippen LogP contribution >= 0.6 is 11.3 Å². The number of nitrogens with one attached hydrogen (secondary N) is 1. The van der Waals surface area contributed by atoms with Gasteiger partial charge in [0.2, 0.25) is 5.91 Å². The number of aromatic nitrogens is 1. The van der Waals surface area contributed by atoms with Crippen LogP contribution in [0.15, 0.2) is 35.7 Å². The lowest BCUT2D eigenvalue weighted by Gasteiger charge is -2.32. The van der Waals surface area contributed by atoms with Crippen molar-refractivity contribution in [3.8, 4) is 11.3 Å². The van der Waals surface area contributed by atoms with E-state index in [1.807, 2.05) is 6.07 Å². The summed E-state index contributed by atoms with van der Waals surface area (Å²) in [6.45, 7) is 1.94. The first-order chi connectivity index (χ1) is 13.3. The van der Waals surface area contributed by atoms with Gasteiger partial charge in [-0.05, 0) is 31.6 Å². The normalized spacial score (nSPS) is 19.2. The highest BCUT2D eigenvalue weighted by atomic mass is 32.1. The lowest BCUT2D eigenvalue weighted by atomic mass is 9.86. The molecule has 0 atom stereocenters. The molecule has 144 valence electrons. The third kappa shape index (κ3) is 4.89. The SMILES string of the molecule is O=C(CC1CCCCC1)NC1CCN(c2nc(-c3ccccc3)cs2)CC1. The molecule has 1 amide bonds. The molecule has 1 aromatic carbocycles. The molecule has 0 radical (unpaired) electrons. The number of benzene rings is 1. The summed E-state index contributed by atoms with van der Waals surface area (Å²) >= 11 is 1.72. The van der Waals surface area contributed by atoms with Gasteiger partial charge in [-0.25, -0.2) is 4.98 Å². The van der Waals surface area contributed by atoms with Crippen molar-refractivity contribution in [1.82, 2.24) is 10.3 Å². The Kier molecular flexibility index (Phi) is 6.07. The molecule has 1 aliphatic carbocycles. The van der Waals surface area contributed by atoms with Crippen molar-refractivity contribution in [2.24, 2.45) is 5.92 Å². The Labute approximate surface area is 166 Å². The molecule has 4 nitrogen and oxygen atoms in total. The summed E-state index contributed by atoms with van der Waals surface area (Å²) in [6.07, 6.45) is 9.17. The van der Waals surface area contributed by atoms with Gasteiger partial charge in [-0.1, -0.05) is 49.6 Å². The third-order valence-corrected chi connectivity index (χ3v) is 6.79. The number of carbonyl (C=O) groups excluding carboxylic acids is 1. The summed E-state index contributed by atoms with van der Waals surface area (Å²) in [5.41, 5.74) is 2.23. The van der Waals surface area contributed by atoms with E-state index in [4.69, 9.17) is 4.98 Å². The summed E-state index contributed by atoms with van der Waals surface area (Å²) in [4.78, 5) is 19.5. The topological polar surface area (TPSA) is 45.2 Å². The maximum Gasteiger partial charge on any atom is 0.220 e. The van der Waals surface area contributed by atoms with Crippen molar-refractivity contribution >= 4 is 22.4 Å². The van der Waals surface area contributed by atoms with Crippen LogP contribution in [0.3, 0.4) is 0 Å². The van der Waals surface area contributed by atoms with Crippen LogP contribution in [0.4, 0.5) is 5.13 Å². The van der Waals surface area contributed by atoms with E-state index in [0.717, 1.165) is 43.2 Å². The van der Waals surface area contributed by atoms with Gasteiger partial charge in [0.05, 0.1) is 5.69 Å². The molecule has 4 rings (SSSR count). The lowest BCUT2D eigenvalue weighted by Crippen LogP contribution is -2.45. The molecule has 1 saturated heterocycles. The molecular weight excluding hydrogens is 354 g/mol. The quantitative estimate of drug-likeness (QED) is 0.801. The van der Waals surface area contributed by atoms with Gasteiger partial charge in [0, 0.05) is 36.5 Å². The molecular formula is C22H29N3OS. The molecule has 2 heterocycles. The van der Waals surface area contributed by atoms with Crippen LogP contribution < -0.4 is 10.2 Å². The minimum Gasteiger partial charge on any atom is -0.353 e. The molecule has 1 aromatic heterocycles. The van der Waals surface area contributed by atoms with Crippen molar-refractivity contribution in [1.29, 1.82) is 0 Å². The molecule has 27 heavy (non-hydrogen) atoms.